The van der Waals surface area contributed by atoms with Gasteiger partial charge in [0.05, 0.1) is 5.88 Å². The second-order valence-corrected chi connectivity index (χ2v) is 7.16. The van der Waals surface area contributed by atoms with Gasteiger partial charge in [0.25, 0.3) is 0 Å². The minimum absolute atomic E-state index is 0.122. The van der Waals surface area contributed by atoms with E-state index in [1.807, 2.05) is 13.8 Å². The third kappa shape index (κ3) is 3.47. The zero-order chi connectivity index (χ0) is 13.2. The molecule has 98 valence electrons. The molecule has 1 rings (SSSR count). The first-order valence-electron chi connectivity index (χ1n) is 5.09. The van der Waals surface area contributed by atoms with Crippen LogP contribution in [0.4, 0.5) is 0 Å². The van der Waals surface area contributed by atoms with Crippen LogP contribution in [0.3, 0.4) is 0 Å². The van der Waals surface area contributed by atoms with Gasteiger partial charge in [0, 0.05) is 19.7 Å². The third-order valence-electron chi connectivity index (χ3n) is 2.15. The van der Waals surface area contributed by atoms with Crippen molar-refractivity contribution >= 4 is 37.6 Å². The second kappa shape index (κ2) is 5.73. The van der Waals surface area contributed by atoms with Crippen LogP contribution >= 0.6 is 27.5 Å². The highest BCUT2D eigenvalue weighted by atomic mass is 79.9. The molecule has 7 heteroatoms. The Balaban J connectivity index is 3.08. The largest absolute Gasteiger partial charge is 0.452 e. The Hall–Kier alpha value is -0.0400. The van der Waals surface area contributed by atoms with E-state index in [9.17, 15) is 8.42 Å². The smallest absolute Gasteiger partial charge is 0.247 e. The van der Waals surface area contributed by atoms with Crippen molar-refractivity contribution in [1.82, 2.24) is 4.31 Å². The van der Waals surface area contributed by atoms with E-state index in [2.05, 4.69) is 15.9 Å². The molecule has 4 nitrogen and oxygen atoms in total. The van der Waals surface area contributed by atoms with Gasteiger partial charge in [0.2, 0.25) is 10.0 Å². The number of hydrogen-bond donors (Lipinski definition) is 0. The number of sulfonamides is 1. The first kappa shape index (κ1) is 15.0. The lowest BCUT2D eigenvalue weighted by molar-refractivity contribution is 0.415. The molecule has 0 aliphatic rings. The fraction of sp³-hybridized carbons (Fsp3) is 0.600. The average molecular weight is 345 g/mol. The molecule has 1 aromatic rings. The van der Waals surface area contributed by atoms with E-state index in [1.165, 1.54) is 10.4 Å². The molecular formula is C10H15BrClNO3S. The van der Waals surface area contributed by atoms with Gasteiger partial charge in [-0.15, -0.1) is 11.6 Å². The molecular weight excluding hydrogens is 330 g/mol. The number of alkyl halides is 1. The molecule has 0 atom stereocenters. The van der Waals surface area contributed by atoms with E-state index in [4.69, 9.17) is 16.0 Å². The first-order chi connectivity index (χ1) is 7.78. The van der Waals surface area contributed by atoms with Gasteiger partial charge in [0.1, 0.15) is 10.7 Å². The van der Waals surface area contributed by atoms with Gasteiger partial charge in [-0.2, -0.15) is 0 Å². The van der Waals surface area contributed by atoms with Gasteiger partial charge in [-0.3, -0.25) is 0 Å². The van der Waals surface area contributed by atoms with E-state index >= 15 is 0 Å². The maximum Gasteiger partial charge on any atom is 0.247 e. The molecule has 0 amide bonds. The fourth-order valence-electron chi connectivity index (χ4n) is 1.42. The van der Waals surface area contributed by atoms with Crippen molar-refractivity contribution in [3.05, 3.63) is 16.5 Å². The topological polar surface area (TPSA) is 50.5 Å². The van der Waals surface area contributed by atoms with Crippen LogP contribution in [-0.4, -0.2) is 26.3 Å². The highest BCUT2D eigenvalue weighted by molar-refractivity contribution is 9.10. The summed E-state index contributed by atoms with van der Waals surface area (Å²) in [6, 6.07) is 1.45. The molecule has 0 aliphatic carbocycles. The van der Waals surface area contributed by atoms with E-state index in [0.29, 0.717) is 12.3 Å². The Labute approximate surface area is 115 Å². The Kier molecular flexibility index (Phi) is 5.07. The number of nitrogens with zero attached hydrogens (tertiary/aromatic N) is 1. The number of hydrogen-bond acceptors (Lipinski definition) is 3. The minimum atomic E-state index is -3.52. The highest BCUT2D eigenvalue weighted by Gasteiger charge is 2.27. The zero-order valence-corrected chi connectivity index (χ0v) is 13.1. The molecule has 17 heavy (non-hydrogen) atoms. The van der Waals surface area contributed by atoms with Crippen LogP contribution < -0.4 is 0 Å². The van der Waals surface area contributed by atoms with Crippen LogP contribution in [0.5, 0.6) is 0 Å². The summed E-state index contributed by atoms with van der Waals surface area (Å²) in [7, 11) is -1.97. The third-order valence-corrected chi connectivity index (χ3v) is 5.09. The molecule has 1 aromatic heterocycles. The first-order valence-corrected chi connectivity index (χ1v) is 7.86. The minimum Gasteiger partial charge on any atom is -0.452 e. The zero-order valence-electron chi connectivity index (χ0n) is 9.91. The molecule has 1 heterocycles. The van der Waals surface area contributed by atoms with Crippen LogP contribution in [0.1, 0.15) is 19.6 Å². The van der Waals surface area contributed by atoms with Crippen molar-refractivity contribution in [2.24, 2.45) is 5.92 Å². The molecule has 0 fully saturated rings. The summed E-state index contributed by atoms with van der Waals surface area (Å²) in [5, 5.41) is 0. The lowest BCUT2D eigenvalue weighted by atomic mass is 10.2. The van der Waals surface area contributed by atoms with Crippen LogP contribution in [-0.2, 0) is 15.9 Å². The standard InChI is InChI=1S/C10H15BrClNO3S/c1-7(2)6-13(3)17(14,15)9-4-8(5-12)16-10(9)11/h4,7H,5-6H2,1-3H3. The van der Waals surface area contributed by atoms with Crippen molar-refractivity contribution in [3.8, 4) is 0 Å². The van der Waals surface area contributed by atoms with Gasteiger partial charge in [-0.25, -0.2) is 12.7 Å². The molecule has 0 saturated carbocycles. The van der Waals surface area contributed by atoms with E-state index in [-0.39, 0.29) is 21.4 Å². The van der Waals surface area contributed by atoms with Gasteiger partial charge < -0.3 is 4.42 Å². The highest BCUT2D eigenvalue weighted by Crippen LogP contribution is 2.29. The van der Waals surface area contributed by atoms with Crippen molar-refractivity contribution in [2.45, 2.75) is 24.6 Å². The number of furan rings is 1. The fourth-order valence-corrected chi connectivity index (χ4v) is 3.84. The molecule has 0 saturated heterocycles. The van der Waals surface area contributed by atoms with Gasteiger partial charge in [-0.1, -0.05) is 13.8 Å². The maximum atomic E-state index is 12.2. The predicted molar refractivity (Wildman–Crippen MR) is 70.6 cm³/mol. The Bertz CT molecular complexity index is 484. The van der Waals surface area contributed by atoms with Gasteiger partial charge in [-0.05, 0) is 21.8 Å². The van der Waals surface area contributed by atoms with Crippen LogP contribution in [0.15, 0.2) is 20.0 Å². The van der Waals surface area contributed by atoms with E-state index in [0.717, 1.165) is 0 Å². The Morgan fingerprint density at radius 1 is 1.53 bits per heavy atom. The average Bonchev–Trinajstić information content (AvgIpc) is 2.59. The number of rotatable bonds is 5. The van der Waals surface area contributed by atoms with Crippen molar-refractivity contribution < 1.29 is 12.8 Å². The van der Waals surface area contributed by atoms with Gasteiger partial charge in [0.15, 0.2) is 4.67 Å². The summed E-state index contributed by atoms with van der Waals surface area (Å²) in [4.78, 5) is 0.122. The Morgan fingerprint density at radius 2 is 2.12 bits per heavy atom. The summed E-state index contributed by atoms with van der Waals surface area (Å²) in [6.45, 7) is 4.37. The molecule has 0 unspecified atom stereocenters. The summed E-state index contributed by atoms with van der Waals surface area (Å²) in [5.74, 6) is 0.824. The van der Waals surface area contributed by atoms with Crippen molar-refractivity contribution in [1.29, 1.82) is 0 Å². The molecule has 0 aliphatic heterocycles. The van der Waals surface area contributed by atoms with Crippen LogP contribution in [0.25, 0.3) is 0 Å². The summed E-state index contributed by atoms with van der Waals surface area (Å²) < 4.78 is 31.1. The molecule has 0 N–H and O–H groups in total. The number of halogens is 2. The van der Waals surface area contributed by atoms with Crippen molar-refractivity contribution in [2.75, 3.05) is 13.6 Å². The molecule has 0 aromatic carbocycles. The van der Waals surface area contributed by atoms with E-state index < -0.39 is 10.0 Å². The molecule has 0 bridgehead atoms. The van der Waals surface area contributed by atoms with Crippen LogP contribution in [0, 0.1) is 5.92 Å². The monoisotopic (exact) mass is 343 g/mol. The molecule has 0 spiro atoms. The van der Waals surface area contributed by atoms with E-state index in [1.54, 1.807) is 7.05 Å². The summed E-state index contributed by atoms with van der Waals surface area (Å²) in [5.41, 5.74) is 0. The van der Waals surface area contributed by atoms with Crippen LogP contribution in [0.2, 0.25) is 0 Å². The second-order valence-electron chi connectivity index (χ2n) is 4.16. The quantitative estimate of drug-likeness (QED) is 0.771. The normalized spacial score (nSPS) is 12.6. The van der Waals surface area contributed by atoms with Crippen molar-refractivity contribution in [3.63, 3.8) is 0 Å². The summed E-state index contributed by atoms with van der Waals surface area (Å²) >= 11 is 8.70. The lowest BCUT2D eigenvalue weighted by Gasteiger charge is -2.18. The molecule has 0 radical (unpaired) electrons. The maximum absolute atomic E-state index is 12.2. The SMILES string of the molecule is CC(C)CN(C)S(=O)(=O)c1cc(CCl)oc1Br. The predicted octanol–water partition coefficient (Wildman–Crippen LogP) is 3.06. The summed E-state index contributed by atoms with van der Waals surface area (Å²) in [6.07, 6.45) is 0. The Morgan fingerprint density at radius 3 is 2.53 bits per heavy atom. The van der Waals surface area contributed by atoms with Gasteiger partial charge >= 0.3 is 0 Å². The lowest BCUT2D eigenvalue weighted by Crippen LogP contribution is -2.30.